The van der Waals surface area contributed by atoms with Gasteiger partial charge in [-0.3, -0.25) is 14.4 Å². The largest absolute Gasteiger partial charge is 0.468 e. The Hall–Kier alpha value is -3.07. The van der Waals surface area contributed by atoms with Crippen LogP contribution in [0.1, 0.15) is 65.4 Å². The summed E-state index contributed by atoms with van der Waals surface area (Å²) in [6.07, 6.45) is 4.31. The maximum absolute atomic E-state index is 14.2. The van der Waals surface area contributed by atoms with E-state index in [9.17, 15) is 14.4 Å². The molecule has 4 aliphatic rings. The molecule has 0 aliphatic carbocycles. The van der Waals surface area contributed by atoms with Crippen molar-refractivity contribution in [2.75, 3.05) is 27.0 Å². The number of benzene rings is 1. The van der Waals surface area contributed by atoms with Crippen LogP contribution in [0.4, 0.5) is 0 Å². The SMILES string of the molecule is COC(=O)[C@]12C[C@H](CC(=O)N3CCCCC3)C(=O)N(Cc3ccc4c(c3)OCO4)C1=C[C@H](C(C)(C)C)O[C@@H]2C. The number of likely N-dealkylation sites (tertiary alicyclic amines) is 2. The zero-order valence-corrected chi connectivity index (χ0v) is 23.7. The summed E-state index contributed by atoms with van der Waals surface area (Å²) < 4.78 is 22.9. The van der Waals surface area contributed by atoms with Gasteiger partial charge in [-0.25, -0.2) is 0 Å². The van der Waals surface area contributed by atoms with Gasteiger partial charge in [0.1, 0.15) is 5.41 Å². The van der Waals surface area contributed by atoms with Crippen LogP contribution in [0.25, 0.3) is 0 Å². The lowest BCUT2D eigenvalue weighted by atomic mass is 9.65. The number of carbonyl (C=O) groups excluding carboxylic acids is 3. The summed E-state index contributed by atoms with van der Waals surface area (Å²) in [5.74, 6) is -0.0561. The first-order valence-corrected chi connectivity index (χ1v) is 14.0. The fraction of sp³-hybridized carbons (Fsp3) is 0.633. The minimum absolute atomic E-state index is 0.0412. The molecule has 2 saturated heterocycles. The van der Waals surface area contributed by atoms with Gasteiger partial charge < -0.3 is 28.7 Å². The molecule has 0 unspecified atom stereocenters. The highest BCUT2D eigenvalue weighted by molar-refractivity contribution is 5.92. The highest BCUT2D eigenvalue weighted by Gasteiger charge is 2.60. The number of hydrogen-bond acceptors (Lipinski definition) is 7. The molecule has 39 heavy (non-hydrogen) atoms. The van der Waals surface area contributed by atoms with Crippen LogP contribution in [-0.4, -0.2) is 66.8 Å². The van der Waals surface area contributed by atoms with Crippen LogP contribution in [0.3, 0.4) is 0 Å². The number of rotatable bonds is 5. The Balaban J connectivity index is 1.56. The molecule has 4 atom stereocenters. The molecule has 212 valence electrons. The molecule has 4 aliphatic heterocycles. The molecular formula is C30H40N2O7. The molecule has 4 heterocycles. The van der Waals surface area contributed by atoms with E-state index in [1.807, 2.05) is 36.1 Å². The summed E-state index contributed by atoms with van der Waals surface area (Å²) in [5.41, 5.74) is -0.0508. The van der Waals surface area contributed by atoms with E-state index >= 15 is 0 Å². The van der Waals surface area contributed by atoms with E-state index in [0.29, 0.717) is 30.3 Å². The van der Waals surface area contributed by atoms with Gasteiger partial charge in [-0.15, -0.1) is 0 Å². The topological polar surface area (TPSA) is 94.6 Å². The van der Waals surface area contributed by atoms with Crippen molar-refractivity contribution in [3.63, 3.8) is 0 Å². The molecule has 0 radical (unpaired) electrons. The molecule has 2 amide bonds. The summed E-state index contributed by atoms with van der Waals surface area (Å²) >= 11 is 0. The van der Waals surface area contributed by atoms with E-state index in [0.717, 1.165) is 24.8 Å². The Morgan fingerprint density at radius 2 is 1.82 bits per heavy atom. The van der Waals surface area contributed by atoms with E-state index in [2.05, 4.69) is 20.8 Å². The van der Waals surface area contributed by atoms with Crippen molar-refractivity contribution in [3.8, 4) is 11.5 Å². The van der Waals surface area contributed by atoms with Crippen LogP contribution < -0.4 is 9.47 Å². The average Bonchev–Trinajstić information content (AvgIpc) is 3.38. The van der Waals surface area contributed by atoms with Crippen LogP contribution in [0.5, 0.6) is 11.5 Å². The van der Waals surface area contributed by atoms with E-state index < -0.39 is 23.4 Å². The Morgan fingerprint density at radius 1 is 1.10 bits per heavy atom. The molecule has 1 aromatic carbocycles. The number of nitrogens with zero attached hydrogens (tertiary/aromatic N) is 2. The second kappa shape index (κ2) is 10.5. The number of amides is 2. The van der Waals surface area contributed by atoms with Gasteiger partial charge in [-0.2, -0.15) is 0 Å². The van der Waals surface area contributed by atoms with Gasteiger partial charge in [0.15, 0.2) is 11.5 Å². The van der Waals surface area contributed by atoms with E-state index in [-0.39, 0.29) is 49.5 Å². The number of fused-ring (bicyclic) bond motifs is 2. The molecular weight excluding hydrogens is 500 g/mol. The molecule has 0 N–H and O–H groups in total. The summed E-state index contributed by atoms with van der Waals surface area (Å²) in [4.78, 5) is 44.8. The molecule has 0 aromatic heterocycles. The van der Waals surface area contributed by atoms with Gasteiger partial charge in [0, 0.05) is 31.1 Å². The summed E-state index contributed by atoms with van der Waals surface area (Å²) in [5, 5.41) is 0. The van der Waals surface area contributed by atoms with E-state index in [1.54, 1.807) is 4.90 Å². The summed E-state index contributed by atoms with van der Waals surface area (Å²) in [6.45, 7) is 9.87. The number of piperidine rings is 2. The van der Waals surface area contributed by atoms with Gasteiger partial charge in [0.05, 0.1) is 25.9 Å². The van der Waals surface area contributed by atoms with Crippen molar-refractivity contribution >= 4 is 17.8 Å². The highest BCUT2D eigenvalue weighted by atomic mass is 16.7. The maximum atomic E-state index is 14.2. The molecule has 1 aromatic rings. The summed E-state index contributed by atoms with van der Waals surface area (Å²) in [6, 6.07) is 5.59. The number of ether oxygens (including phenoxy) is 4. The first-order chi connectivity index (χ1) is 18.5. The molecule has 9 nitrogen and oxygen atoms in total. The summed E-state index contributed by atoms with van der Waals surface area (Å²) in [7, 11) is 1.36. The fourth-order valence-electron chi connectivity index (χ4n) is 6.31. The predicted molar refractivity (Wildman–Crippen MR) is 143 cm³/mol. The van der Waals surface area contributed by atoms with Crippen molar-refractivity contribution < 1.29 is 33.3 Å². The van der Waals surface area contributed by atoms with Crippen LogP contribution in [0, 0.1) is 16.7 Å². The lowest BCUT2D eigenvalue weighted by Gasteiger charge is -2.53. The molecule has 0 saturated carbocycles. The quantitative estimate of drug-likeness (QED) is 0.520. The minimum Gasteiger partial charge on any atom is -0.468 e. The third-order valence-corrected chi connectivity index (χ3v) is 8.60. The van der Waals surface area contributed by atoms with Crippen LogP contribution >= 0.6 is 0 Å². The predicted octanol–water partition coefficient (Wildman–Crippen LogP) is 4.04. The smallest absolute Gasteiger partial charge is 0.320 e. The standard InChI is InChI=1S/C30H40N2O7/c1-19-30(28(35)36-5)16-21(14-26(33)31-11-7-6-8-12-31)27(34)32(24(30)15-25(39-19)29(2,3)4)17-20-9-10-22-23(13-20)38-18-37-22/h9-10,13,15,19,21,25H,6-8,11-12,14,16-18H2,1-5H3/t19-,21+,25-,30+/m1/s1. The van der Waals surface area contributed by atoms with Crippen LogP contribution in [0.2, 0.25) is 0 Å². The number of hydrogen-bond donors (Lipinski definition) is 0. The zero-order chi connectivity index (χ0) is 27.9. The Kier molecular flexibility index (Phi) is 7.39. The molecule has 5 rings (SSSR count). The fourth-order valence-corrected chi connectivity index (χ4v) is 6.31. The Bertz CT molecular complexity index is 1170. The third-order valence-electron chi connectivity index (χ3n) is 8.60. The average molecular weight is 541 g/mol. The minimum atomic E-state index is -1.21. The molecule has 0 bridgehead atoms. The third kappa shape index (κ3) is 5.01. The lowest BCUT2D eigenvalue weighted by Crippen LogP contribution is -2.61. The van der Waals surface area contributed by atoms with Gasteiger partial charge in [0.25, 0.3) is 0 Å². The molecule has 0 spiro atoms. The number of methoxy groups -OCH3 is 1. The van der Waals surface area contributed by atoms with Crippen molar-refractivity contribution in [2.24, 2.45) is 16.7 Å². The Labute approximate surface area is 230 Å². The van der Waals surface area contributed by atoms with E-state index in [1.165, 1.54) is 7.11 Å². The monoisotopic (exact) mass is 540 g/mol. The van der Waals surface area contributed by atoms with Crippen molar-refractivity contribution in [1.82, 2.24) is 9.80 Å². The van der Waals surface area contributed by atoms with Gasteiger partial charge in [-0.1, -0.05) is 26.8 Å². The Morgan fingerprint density at radius 3 is 2.51 bits per heavy atom. The first-order valence-electron chi connectivity index (χ1n) is 14.0. The van der Waals surface area contributed by atoms with Crippen molar-refractivity contribution in [1.29, 1.82) is 0 Å². The van der Waals surface area contributed by atoms with Crippen molar-refractivity contribution in [3.05, 3.63) is 35.5 Å². The van der Waals surface area contributed by atoms with Crippen LogP contribution in [0.15, 0.2) is 30.0 Å². The first kappa shape index (κ1) is 27.5. The second-order valence-electron chi connectivity index (χ2n) is 12.2. The highest BCUT2D eigenvalue weighted by Crippen LogP contribution is 2.52. The van der Waals surface area contributed by atoms with E-state index in [4.69, 9.17) is 18.9 Å². The normalized spacial score (nSPS) is 28.6. The lowest BCUT2D eigenvalue weighted by molar-refractivity contribution is -0.180. The van der Waals surface area contributed by atoms with Crippen molar-refractivity contribution in [2.45, 2.75) is 78.6 Å². The van der Waals surface area contributed by atoms with Gasteiger partial charge in [-0.05, 0) is 61.8 Å². The zero-order valence-electron chi connectivity index (χ0n) is 23.7. The second-order valence-corrected chi connectivity index (χ2v) is 12.2. The number of esters is 1. The molecule has 9 heteroatoms. The van der Waals surface area contributed by atoms with Crippen LogP contribution in [-0.2, 0) is 30.4 Å². The maximum Gasteiger partial charge on any atom is 0.320 e. The van der Waals surface area contributed by atoms with Gasteiger partial charge >= 0.3 is 5.97 Å². The molecule has 2 fully saturated rings. The van der Waals surface area contributed by atoms with Gasteiger partial charge in [0.2, 0.25) is 18.6 Å². The number of carbonyl (C=O) groups is 3.